The van der Waals surface area contributed by atoms with E-state index in [9.17, 15) is 4.79 Å². The summed E-state index contributed by atoms with van der Waals surface area (Å²) in [6.07, 6.45) is 1.84. The fourth-order valence-electron chi connectivity index (χ4n) is 2.90. The molecule has 0 bridgehead atoms. The Morgan fingerprint density at radius 1 is 1.42 bits per heavy atom. The van der Waals surface area contributed by atoms with Crippen LogP contribution in [0.1, 0.15) is 26.7 Å². The Balaban J connectivity index is 1.68. The Bertz CT molecular complexity index is 290. The zero-order chi connectivity index (χ0) is 13.7. The van der Waals surface area contributed by atoms with Crippen molar-refractivity contribution in [3.63, 3.8) is 0 Å². The number of nitrogens with one attached hydrogen (secondary N) is 2. The Kier molecular flexibility index (Phi) is 5.60. The molecule has 5 heteroatoms. The minimum Gasteiger partial charge on any atom is -0.378 e. The minimum atomic E-state index is 0.109. The third-order valence-corrected chi connectivity index (χ3v) is 3.91. The summed E-state index contributed by atoms with van der Waals surface area (Å²) in [6, 6.07) is 0.162. The van der Waals surface area contributed by atoms with Crippen LogP contribution in [-0.4, -0.2) is 51.0 Å². The largest absolute Gasteiger partial charge is 0.378 e. The van der Waals surface area contributed by atoms with Crippen LogP contribution in [0.3, 0.4) is 0 Å². The van der Waals surface area contributed by atoms with Crippen molar-refractivity contribution in [1.82, 2.24) is 10.6 Å². The summed E-state index contributed by atoms with van der Waals surface area (Å²) in [7, 11) is 0. The van der Waals surface area contributed by atoms with Crippen LogP contribution in [0.2, 0.25) is 0 Å². The second kappa shape index (κ2) is 7.22. The predicted molar refractivity (Wildman–Crippen MR) is 72.9 cm³/mol. The third-order valence-electron chi connectivity index (χ3n) is 3.91. The number of rotatable bonds is 5. The molecule has 0 aromatic rings. The van der Waals surface area contributed by atoms with E-state index >= 15 is 0 Å². The molecule has 0 aromatic heterocycles. The van der Waals surface area contributed by atoms with Gasteiger partial charge in [-0.15, -0.1) is 0 Å². The van der Waals surface area contributed by atoms with Crippen molar-refractivity contribution in [2.45, 2.75) is 38.8 Å². The van der Waals surface area contributed by atoms with Crippen LogP contribution in [0.5, 0.6) is 0 Å². The Morgan fingerprint density at radius 3 is 2.95 bits per heavy atom. The molecule has 0 aromatic carbocycles. The molecule has 2 heterocycles. The normalized spacial score (nSPS) is 31.6. The molecular formula is C14H26N2O3. The molecule has 0 radical (unpaired) electrons. The van der Waals surface area contributed by atoms with Gasteiger partial charge < -0.3 is 20.1 Å². The van der Waals surface area contributed by atoms with Gasteiger partial charge in [-0.3, -0.25) is 4.79 Å². The van der Waals surface area contributed by atoms with E-state index in [-0.39, 0.29) is 18.1 Å². The molecule has 3 atom stereocenters. The second-order valence-corrected chi connectivity index (χ2v) is 5.86. The monoisotopic (exact) mass is 270 g/mol. The molecular weight excluding hydrogens is 244 g/mol. The van der Waals surface area contributed by atoms with Gasteiger partial charge in [-0.1, -0.05) is 13.8 Å². The summed E-state index contributed by atoms with van der Waals surface area (Å²) in [5.41, 5.74) is 0. The van der Waals surface area contributed by atoms with Crippen LogP contribution in [0.15, 0.2) is 0 Å². The topological polar surface area (TPSA) is 59.6 Å². The van der Waals surface area contributed by atoms with Gasteiger partial charge in [0, 0.05) is 38.1 Å². The zero-order valence-electron chi connectivity index (χ0n) is 12.0. The highest BCUT2D eigenvalue weighted by atomic mass is 16.5. The standard InChI is InChI=1S/C14H26N2O3/c1-10(2)14-11(3-5-19-14)8-16-13(17)7-12-9-18-6-4-15-12/h10-12,14-15H,3-9H2,1-2H3,(H,16,17). The Hall–Kier alpha value is -0.650. The average Bonchev–Trinajstić information content (AvgIpc) is 2.86. The van der Waals surface area contributed by atoms with Crippen molar-refractivity contribution in [3.8, 4) is 0 Å². The number of amides is 1. The number of ether oxygens (including phenoxy) is 2. The van der Waals surface area contributed by atoms with Gasteiger partial charge in [-0.05, 0) is 12.3 Å². The van der Waals surface area contributed by atoms with Gasteiger partial charge >= 0.3 is 0 Å². The molecule has 0 spiro atoms. The van der Waals surface area contributed by atoms with Crippen molar-refractivity contribution < 1.29 is 14.3 Å². The first-order valence-electron chi connectivity index (χ1n) is 7.36. The van der Waals surface area contributed by atoms with E-state index in [4.69, 9.17) is 9.47 Å². The number of carbonyl (C=O) groups is 1. The van der Waals surface area contributed by atoms with Crippen molar-refractivity contribution in [1.29, 1.82) is 0 Å². The lowest BCUT2D eigenvalue weighted by Gasteiger charge is -2.25. The van der Waals surface area contributed by atoms with Gasteiger partial charge in [0.25, 0.3) is 0 Å². The number of hydrogen-bond acceptors (Lipinski definition) is 4. The van der Waals surface area contributed by atoms with Gasteiger partial charge in [-0.25, -0.2) is 0 Å². The molecule has 5 nitrogen and oxygen atoms in total. The maximum Gasteiger partial charge on any atom is 0.221 e. The van der Waals surface area contributed by atoms with E-state index in [1.807, 2.05) is 0 Å². The van der Waals surface area contributed by atoms with Crippen molar-refractivity contribution in [3.05, 3.63) is 0 Å². The van der Waals surface area contributed by atoms with Gasteiger partial charge in [0.05, 0.1) is 19.3 Å². The van der Waals surface area contributed by atoms with Crippen LogP contribution >= 0.6 is 0 Å². The lowest BCUT2D eigenvalue weighted by molar-refractivity contribution is -0.122. The molecule has 2 aliphatic rings. The van der Waals surface area contributed by atoms with Gasteiger partial charge in [0.2, 0.25) is 5.91 Å². The van der Waals surface area contributed by atoms with Gasteiger partial charge in [0.15, 0.2) is 0 Å². The summed E-state index contributed by atoms with van der Waals surface area (Å²) in [5, 5.41) is 6.34. The predicted octanol–water partition coefficient (Wildman–Crippen LogP) is 0.542. The molecule has 0 saturated carbocycles. The highest BCUT2D eigenvalue weighted by Crippen LogP contribution is 2.26. The first-order chi connectivity index (χ1) is 9.16. The van der Waals surface area contributed by atoms with Crippen molar-refractivity contribution in [2.75, 3.05) is 32.9 Å². The fourth-order valence-corrected chi connectivity index (χ4v) is 2.90. The lowest BCUT2D eigenvalue weighted by Crippen LogP contribution is -2.45. The van der Waals surface area contributed by atoms with Gasteiger partial charge in [0.1, 0.15) is 0 Å². The number of morpholine rings is 1. The summed E-state index contributed by atoms with van der Waals surface area (Å²) < 4.78 is 11.1. The summed E-state index contributed by atoms with van der Waals surface area (Å²) >= 11 is 0. The highest BCUT2D eigenvalue weighted by molar-refractivity contribution is 5.76. The molecule has 2 fully saturated rings. The maximum atomic E-state index is 11.9. The van der Waals surface area contributed by atoms with Crippen LogP contribution < -0.4 is 10.6 Å². The quantitative estimate of drug-likeness (QED) is 0.765. The van der Waals surface area contributed by atoms with E-state index in [0.29, 0.717) is 24.9 Å². The van der Waals surface area contributed by atoms with Gasteiger partial charge in [-0.2, -0.15) is 0 Å². The molecule has 110 valence electrons. The molecule has 0 aliphatic carbocycles. The average molecular weight is 270 g/mol. The molecule has 1 amide bonds. The second-order valence-electron chi connectivity index (χ2n) is 5.86. The van der Waals surface area contributed by atoms with E-state index in [0.717, 1.165) is 32.7 Å². The first-order valence-corrected chi connectivity index (χ1v) is 7.36. The first kappa shape index (κ1) is 14.8. The number of carbonyl (C=O) groups excluding carboxylic acids is 1. The SMILES string of the molecule is CC(C)C1OCCC1CNC(=O)CC1COCCN1. The summed E-state index contributed by atoms with van der Waals surface area (Å²) in [5.74, 6) is 1.08. The molecule has 2 rings (SSSR count). The smallest absolute Gasteiger partial charge is 0.221 e. The van der Waals surface area contributed by atoms with E-state index in [1.54, 1.807) is 0 Å². The van der Waals surface area contributed by atoms with Crippen molar-refractivity contribution >= 4 is 5.91 Å². The zero-order valence-corrected chi connectivity index (χ0v) is 12.0. The van der Waals surface area contributed by atoms with Crippen LogP contribution in [0.25, 0.3) is 0 Å². The lowest BCUT2D eigenvalue weighted by atomic mass is 9.93. The minimum absolute atomic E-state index is 0.109. The molecule has 3 unspecified atom stereocenters. The summed E-state index contributed by atoms with van der Waals surface area (Å²) in [6.45, 7) is 8.12. The maximum absolute atomic E-state index is 11.9. The Morgan fingerprint density at radius 2 is 2.26 bits per heavy atom. The number of hydrogen-bond donors (Lipinski definition) is 2. The fraction of sp³-hybridized carbons (Fsp3) is 0.929. The van der Waals surface area contributed by atoms with Crippen LogP contribution in [0, 0.1) is 11.8 Å². The van der Waals surface area contributed by atoms with Crippen molar-refractivity contribution in [2.24, 2.45) is 11.8 Å². The molecule has 2 N–H and O–H groups in total. The van der Waals surface area contributed by atoms with Crippen LogP contribution in [-0.2, 0) is 14.3 Å². The Labute approximate surface area is 115 Å². The van der Waals surface area contributed by atoms with Crippen LogP contribution in [0.4, 0.5) is 0 Å². The molecule has 2 saturated heterocycles. The third kappa shape index (κ3) is 4.44. The van der Waals surface area contributed by atoms with E-state index in [2.05, 4.69) is 24.5 Å². The van der Waals surface area contributed by atoms with E-state index in [1.165, 1.54) is 0 Å². The van der Waals surface area contributed by atoms with E-state index < -0.39 is 0 Å². The molecule has 19 heavy (non-hydrogen) atoms. The highest BCUT2D eigenvalue weighted by Gasteiger charge is 2.30. The molecule has 2 aliphatic heterocycles. The summed E-state index contributed by atoms with van der Waals surface area (Å²) in [4.78, 5) is 11.9.